The molecule has 182 valence electrons. The molecule has 0 spiro atoms. The normalized spacial score (nSPS) is 17.2. The number of para-hydroxylation sites is 1. The Hall–Kier alpha value is -3.84. The van der Waals surface area contributed by atoms with E-state index in [9.17, 15) is 9.59 Å². The smallest absolute Gasteiger partial charge is 0.268 e. The summed E-state index contributed by atoms with van der Waals surface area (Å²) in [6.07, 6.45) is 2.91. The number of benzene rings is 3. The minimum atomic E-state index is -0.0697. The number of nitrogens with one attached hydrogen (secondary N) is 1. The summed E-state index contributed by atoms with van der Waals surface area (Å²) in [7, 11) is 0. The van der Waals surface area contributed by atoms with Crippen molar-refractivity contribution in [3.05, 3.63) is 101 Å². The van der Waals surface area contributed by atoms with Gasteiger partial charge in [-0.1, -0.05) is 48.5 Å². The number of Topliss-reactive ketones (excluding diaryl/α,β-unsaturated/α-hetero) is 1. The van der Waals surface area contributed by atoms with Crippen molar-refractivity contribution in [3.63, 3.8) is 0 Å². The number of anilines is 2. The quantitative estimate of drug-likeness (QED) is 0.322. The van der Waals surface area contributed by atoms with Crippen molar-refractivity contribution in [2.45, 2.75) is 26.8 Å². The van der Waals surface area contributed by atoms with Gasteiger partial charge in [0.1, 0.15) is 0 Å². The summed E-state index contributed by atoms with van der Waals surface area (Å²) in [5.41, 5.74) is 5.51. The Labute approximate surface area is 215 Å². The molecule has 0 saturated carbocycles. The van der Waals surface area contributed by atoms with Crippen molar-refractivity contribution in [1.82, 2.24) is 4.90 Å². The number of nitrogens with zero attached hydrogens (tertiary/aromatic N) is 3. The number of hydrogen-bond acceptors (Lipinski definition) is 6. The molecule has 0 radical (unpaired) electrons. The van der Waals surface area contributed by atoms with Gasteiger partial charge in [-0.25, -0.2) is 4.99 Å². The van der Waals surface area contributed by atoms with E-state index in [2.05, 4.69) is 22.3 Å². The molecule has 1 N–H and O–H groups in total. The van der Waals surface area contributed by atoms with Crippen molar-refractivity contribution in [2.24, 2.45) is 4.99 Å². The lowest BCUT2D eigenvalue weighted by atomic mass is 10.1. The largest absolute Gasteiger partial charge is 0.384 e. The van der Waals surface area contributed by atoms with Crippen LogP contribution < -0.4 is 10.2 Å². The first kappa shape index (κ1) is 23.9. The second-order valence-electron chi connectivity index (χ2n) is 8.76. The fourth-order valence-corrected chi connectivity index (χ4v) is 5.39. The Bertz CT molecular complexity index is 1370. The predicted molar refractivity (Wildman–Crippen MR) is 148 cm³/mol. The average Bonchev–Trinajstić information content (AvgIpc) is 3.42. The van der Waals surface area contributed by atoms with Crippen LogP contribution in [0.2, 0.25) is 0 Å². The zero-order valence-electron chi connectivity index (χ0n) is 20.4. The van der Waals surface area contributed by atoms with Crippen LogP contribution in [-0.2, 0) is 17.8 Å². The van der Waals surface area contributed by atoms with Crippen molar-refractivity contribution >= 4 is 45.7 Å². The Balaban J connectivity index is 1.54. The highest BCUT2D eigenvalue weighted by Gasteiger charge is 2.35. The molecule has 36 heavy (non-hydrogen) atoms. The van der Waals surface area contributed by atoms with Crippen LogP contribution in [0.4, 0.5) is 17.1 Å². The van der Waals surface area contributed by atoms with Gasteiger partial charge in [-0.2, -0.15) is 0 Å². The standard InChI is InChI=1S/C29H28N4O2S/c1-3-30-24-14-13-23(20(2)34)17-25(24)31-29-33(18-21-9-5-4-6-10-21)28(35)27(36-29)19-32-16-15-22-11-7-8-12-26(22)32/h4-14,17,19,30H,3,15-16,18H2,1-2H3/b27-19-,31-29?. The van der Waals surface area contributed by atoms with E-state index in [1.54, 1.807) is 24.0 Å². The first-order valence-corrected chi connectivity index (χ1v) is 12.9. The Morgan fingerprint density at radius 2 is 1.86 bits per heavy atom. The van der Waals surface area contributed by atoms with Gasteiger partial charge in [0.25, 0.3) is 5.91 Å². The summed E-state index contributed by atoms with van der Waals surface area (Å²) in [5, 5.41) is 3.92. The zero-order chi connectivity index (χ0) is 25.1. The van der Waals surface area contributed by atoms with E-state index < -0.39 is 0 Å². The monoisotopic (exact) mass is 496 g/mol. The summed E-state index contributed by atoms with van der Waals surface area (Å²) >= 11 is 1.38. The predicted octanol–water partition coefficient (Wildman–Crippen LogP) is 5.99. The highest BCUT2D eigenvalue weighted by atomic mass is 32.2. The van der Waals surface area contributed by atoms with Gasteiger partial charge in [0.2, 0.25) is 0 Å². The number of carbonyl (C=O) groups is 2. The highest BCUT2D eigenvalue weighted by molar-refractivity contribution is 8.18. The van der Waals surface area contributed by atoms with Crippen molar-refractivity contribution < 1.29 is 9.59 Å². The van der Waals surface area contributed by atoms with E-state index in [1.807, 2.05) is 61.7 Å². The second-order valence-corrected chi connectivity index (χ2v) is 9.77. The molecule has 3 aromatic rings. The molecule has 7 heteroatoms. The van der Waals surface area contributed by atoms with Gasteiger partial charge in [0.05, 0.1) is 22.8 Å². The molecule has 6 nitrogen and oxygen atoms in total. The Kier molecular flexibility index (Phi) is 6.91. The molecule has 0 aromatic heterocycles. The van der Waals surface area contributed by atoms with Crippen LogP contribution in [0.15, 0.2) is 88.9 Å². The molecular weight excluding hydrogens is 468 g/mol. The molecule has 0 unspecified atom stereocenters. The van der Waals surface area contributed by atoms with Crippen LogP contribution >= 0.6 is 11.8 Å². The van der Waals surface area contributed by atoms with Gasteiger partial charge in [0.15, 0.2) is 11.0 Å². The highest BCUT2D eigenvalue weighted by Crippen LogP contribution is 2.38. The number of ketones is 1. The van der Waals surface area contributed by atoms with Crippen LogP contribution in [-0.4, -0.2) is 34.8 Å². The molecule has 2 aliphatic heterocycles. The lowest BCUT2D eigenvalue weighted by Crippen LogP contribution is -2.29. The molecule has 0 bridgehead atoms. The number of thioether (sulfide) groups is 1. The molecule has 2 heterocycles. The number of hydrogen-bond donors (Lipinski definition) is 1. The van der Waals surface area contributed by atoms with Crippen molar-refractivity contribution in [3.8, 4) is 0 Å². The maximum absolute atomic E-state index is 13.7. The summed E-state index contributed by atoms with van der Waals surface area (Å²) in [5.74, 6) is -0.0937. The van der Waals surface area contributed by atoms with E-state index in [0.717, 1.165) is 36.4 Å². The summed E-state index contributed by atoms with van der Waals surface area (Å²) in [6.45, 7) is 5.54. The molecule has 1 saturated heterocycles. The molecule has 3 aromatic carbocycles. The number of aliphatic imine (C=N–C) groups is 1. The SMILES string of the molecule is CCNc1ccc(C(C)=O)cc1N=C1S/C(=C\N2CCc3ccccc32)C(=O)N1Cc1ccccc1. The molecule has 0 atom stereocenters. The summed E-state index contributed by atoms with van der Waals surface area (Å²) in [6, 6.07) is 23.7. The van der Waals surface area contributed by atoms with E-state index in [0.29, 0.717) is 27.9 Å². The summed E-state index contributed by atoms with van der Waals surface area (Å²) < 4.78 is 0. The van der Waals surface area contributed by atoms with Gasteiger partial charge in [-0.3, -0.25) is 14.5 Å². The van der Waals surface area contributed by atoms with Crippen molar-refractivity contribution in [2.75, 3.05) is 23.3 Å². The van der Waals surface area contributed by atoms with Crippen LogP contribution in [0.5, 0.6) is 0 Å². The lowest BCUT2D eigenvalue weighted by molar-refractivity contribution is -0.122. The molecular formula is C29H28N4O2S. The fraction of sp³-hybridized carbons (Fsp3) is 0.207. The Morgan fingerprint density at radius 1 is 1.08 bits per heavy atom. The molecule has 1 fully saturated rings. The van der Waals surface area contributed by atoms with Gasteiger partial charge in [0, 0.05) is 30.5 Å². The van der Waals surface area contributed by atoms with E-state index in [4.69, 9.17) is 4.99 Å². The third kappa shape index (κ3) is 4.93. The first-order chi connectivity index (χ1) is 17.5. The van der Waals surface area contributed by atoms with Crippen LogP contribution in [0.3, 0.4) is 0 Å². The van der Waals surface area contributed by atoms with Gasteiger partial charge in [-0.05, 0) is 67.4 Å². The fourth-order valence-electron chi connectivity index (χ4n) is 4.41. The summed E-state index contributed by atoms with van der Waals surface area (Å²) in [4.78, 5) is 35.1. The first-order valence-electron chi connectivity index (χ1n) is 12.1. The maximum atomic E-state index is 13.7. The average molecular weight is 497 g/mol. The van der Waals surface area contributed by atoms with E-state index in [-0.39, 0.29) is 11.7 Å². The molecule has 1 amide bonds. The minimum Gasteiger partial charge on any atom is -0.384 e. The van der Waals surface area contributed by atoms with Crippen LogP contribution in [0.1, 0.15) is 35.3 Å². The number of amidine groups is 1. The van der Waals surface area contributed by atoms with Gasteiger partial charge < -0.3 is 10.2 Å². The van der Waals surface area contributed by atoms with E-state index in [1.165, 1.54) is 17.3 Å². The molecule has 0 aliphatic carbocycles. The van der Waals surface area contributed by atoms with E-state index >= 15 is 0 Å². The molecule has 2 aliphatic rings. The van der Waals surface area contributed by atoms with Crippen LogP contribution in [0.25, 0.3) is 0 Å². The third-order valence-corrected chi connectivity index (χ3v) is 7.25. The number of amides is 1. The number of fused-ring (bicyclic) bond motifs is 1. The lowest BCUT2D eigenvalue weighted by Gasteiger charge is -2.17. The second kappa shape index (κ2) is 10.4. The van der Waals surface area contributed by atoms with Crippen molar-refractivity contribution in [1.29, 1.82) is 0 Å². The van der Waals surface area contributed by atoms with Crippen LogP contribution in [0, 0.1) is 0 Å². The Morgan fingerprint density at radius 3 is 2.64 bits per heavy atom. The maximum Gasteiger partial charge on any atom is 0.268 e. The number of carbonyl (C=O) groups excluding carboxylic acids is 2. The minimum absolute atomic E-state index is 0.0240. The third-order valence-electron chi connectivity index (χ3n) is 6.26. The van der Waals surface area contributed by atoms with Gasteiger partial charge in [-0.15, -0.1) is 0 Å². The number of rotatable bonds is 7. The van der Waals surface area contributed by atoms with Gasteiger partial charge >= 0.3 is 0 Å². The zero-order valence-corrected chi connectivity index (χ0v) is 21.2. The topological polar surface area (TPSA) is 65.0 Å². The molecule has 5 rings (SSSR count).